The van der Waals surface area contributed by atoms with Gasteiger partial charge in [-0.15, -0.1) is 5.10 Å². The van der Waals surface area contributed by atoms with E-state index < -0.39 is 11.4 Å². The molecule has 112 valence electrons. The van der Waals surface area contributed by atoms with Crippen molar-refractivity contribution in [3.05, 3.63) is 24.0 Å². The first-order valence-corrected chi connectivity index (χ1v) is 6.58. The minimum Gasteiger partial charge on any atom is -0.399 e. The number of hydrogen-bond acceptors (Lipinski definition) is 6. The quantitative estimate of drug-likeness (QED) is 0.841. The Bertz CT molecular complexity index is 639. The Morgan fingerprint density at radius 1 is 1.52 bits per heavy atom. The SMILES string of the molecule is COC1(Cn2nnnc2-c2ccc(N)cc2F)CCOC1. The highest BCUT2D eigenvalue weighted by Crippen LogP contribution is 2.27. The predicted molar refractivity (Wildman–Crippen MR) is 72.8 cm³/mol. The van der Waals surface area contributed by atoms with Gasteiger partial charge in [0, 0.05) is 25.8 Å². The number of nitrogens with two attached hydrogens (primary N) is 1. The van der Waals surface area contributed by atoms with Gasteiger partial charge in [-0.25, -0.2) is 9.07 Å². The molecule has 0 spiro atoms. The van der Waals surface area contributed by atoms with Gasteiger partial charge in [-0.3, -0.25) is 0 Å². The molecular weight excluding hydrogens is 277 g/mol. The van der Waals surface area contributed by atoms with Gasteiger partial charge in [0.2, 0.25) is 0 Å². The van der Waals surface area contributed by atoms with Crippen LogP contribution in [0.1, 0.15) is 6.42 Å². The average molecular weight is 293 g/mol. The van der Waals surface area contributed by atoms with E-state index in [0.29, 0.717) is 36.8 Å². The lowest BCUT2D eigenvalue weighted by atomic mass is 10.0. The van der Waals surface area contributed by atoms with E-state index in [1.165, 1.54) is 10.7 Å². The van der Waals surface area contributed by atoms with E-state index in [2.05, 4.69) is 15.5 Å². The third-order valence-corrected chi connectivity index (χ3v) is 3.70. The number of tetrazole rings is 1. The van der Waals surface area contributed by atoms with Gasteiger partial charge in [-0.05, 0) is 28.6 Å². The van der Waals surface area contributed by atoms with Crippen LogP contribution in [0.2, 0.25) is 0 Å². The van der Waals surface area contributed by atoms with Crippen LogP contribution < -0.4 is 5.73 Å². The summed E-state index contributed by atoms with van der Waals surface area (Å²) < 4.78 is 26.5. The molecule has 21 heavy (non-hydrogen) atoms. The fourth-order valence-corrected chi connectivity index (χ4v) is 2.43. The highest BCUT2D eigenvalue weighted by molar-refractivity contribution is 5.59. The van der Waals surface area contributed by atoms with Crippen LogP contribution in [0.5, 0.6) is 0 Å². The van der Waals surface area contributed by atoms with Crippen LogP contribution in [0.15, 0.2) is 18.2 Å². The number of nitrogens with zero attached hydrogens (tertiary/aromatic N) is 4. The van der Waals surface area contributed by atoms with Gasteiger partial charge < -0.3 is 15.2 Å². The predicted octanol–water partition coefficient (Wildman–Crippen LogP) is 0.867. The van der Waals surface area contributed by atoms with Crippen LogP contribution in [0.25, 0.3) is 11.4 Å². The molecule has 1 atom stereocenters. The van der Waals surface area contributed by atoms with Crippen molar-refractivity contribution in [3.8, 4) is 11.4 Å². The number of anilines is 1. The number of methoxy groups -OCH3 is 1. The minimum absolute atomic E-state index is 0.305. The topological polar surface area (TPSA) is 88.1 Å². The van der Waals surface area contributed by atoms with Crippen LogP contribution in [0, 0.1) is 5.82 Å². The monoisotopic (exact) mass is 293 g/mol. The molecule has 0 saturated carbocycles. The van der Waals surface area contributed by atoms with Crippen molar-refractivity contribution >= 4 is 5.69 Å². The third kappa shape index (κ3) is 2.59. The molecule has 0 bridgehead atoms. The first-order chi connectivity index (χ1) is 10.1. The Kier molecular flexibility index (Phi) is 3.56. The van der Waals surface area contributed by atoms with Gasteiger partial charge >= 0.3 is 0 Å². The molecule has 1 aliphatic rings. The second-order valence-electron chi connectivity index (χ2n) is 5.09. The van der Waals surface area contributed by atoms with Gasteiger partial charge in [0.05, 0.1) is 18.7 Å². The molecule has 7 nitrogen and oxygen atoms in total. The molecule has 1 unspecified atom stereocenters. The van der Waals surface area contributed by atoms with E-state index in [9.17, 15) is 4.39 Å². The number of nitrogen functional groups attached to an aromatic ring is 1. The summed E-state index contributed by atoms with van der Waals surface area (Å²) in [4.78, 5) is 0. The number of aromatic nitrogens is 4. The maximum Gasteiger partial charge on any atom is 0.185 e. The maximum atomic E-state index is 14.0. The van der Waals surface area contributed by atoms with Crippen molar-refractivity contribution in [2.24, 2.45) is 0 Å². The van der Waals surface area contributed by atoms with E-state index in [1.807, 2.05) is 0 Å². The van der Waals surface area contributed by atoms with Crippen LogP contribution in [-0.4, -0.2) is 46.1 Å². The molecule has 2 heterocycles. The molecule has 0 radical (unpaired) electrons. The summed E-state index contributed by atoms with van der Waals surface area (Å²) >= 11 is 0. The standard InChI is InChI=1S/C13H16FN5O2/c1-20-13(4-5-21-8-13)7-19-12(16-17-18-19)10-3-2-9(15)6-11(10)14/h2-3,6H,4-5,7-8,15H2,1H3. The van der Waals surface area contributed by atoms with Gasteiger partial charge in [0.25, 0.3) is 0 Å². The fourth-order valence-electron chi connectivity index (χ4n) is 2.43. The van der Waals surface area contributed by atoms with Gasteiger partial charge in [0.15, 0.2) is 5.82 Å². The lowest BCUT2D eigenvalue weighted by molar-refractivity contribution is -0.0317. The molecule has 0 aliphatic carbocycles. The lowest BCUT2D eigenvalue weighted by Crippen LogP contribution is -2.37. The molecule has 1 fully saturated rings. The van der Waals surface area contributed by atoms with Crippen molar-refractivity contribution in [2.45, 2.75) is 18.6 Å². The molecule has 0 amide bonds. The number of benzene rings is 1. The van der Waals surface area contributed by atoms with Crippen LogP contribution in [0.3, 0.4) is 0 Å². The zero-order valence-electron chi connectivity index (χ0n) is 11.6. The fraction of sp³-hybridized carbons (Fsp3) is 0.462. The summed E-state index contributed by atoms with van der Waals surface area (Å²) in [6.45, 7) is 1.49. The number of rotatable bonds is 4. The third-order valence-electron chi connectivity index (χ3n) is 3.70. The Hall–Kier alpha value is -2.06. The van der Waals surface area contributed by atoms with Crippen LogP contribution in [-0.2, 0) is 16.0 Å². The Labute approximate surface area is 120 Å². The summed E-state index contributed by atoms with van der Waals surface area (Å²) in [6.07, 6.45) is 0.743. The molecule has 1 aromatic carbocycles. The molecule has 2 aromatic rings. The van der Waals surface area contributed by atoms with Crippen LogP contribution >= 0.6 is 0 Å². The molecular formula is C13H16FN5O2. The van der Waals surface area contributed by atoms with E-state index in [4.69, 9.17) is 15.2 Å². The Morgan fingerprint density at radius 3 is 3.05 bits per heavy atom. The zero-order chi connectivity index (χ0) is 14.9. The van der Waals surface area contributed by atoms with E-state index in [0.717, 1.165) is 6.42 Å². The first-order valence-electron chi connectivity index (χ1n) is 6.58. The zero-order valence-corrected chi connectivity index (χ0v) is 11.6. The highest BCUT2D eigenvalue weighted by Gasteiger charge is 2.36. The molecule has 3 rings (SSSR count). The molecule has 1 aliphatic heterocycles. The average Bonchev–Trinajstić information content (AvgIpc) is 3.10. The number of hydrogen-bond donors (Lipinski definition) is 1. The largest absolute Gasteiger partial charge is 0.399 e. The molecule has 1 aromatic heterocycles. The van der Waals surface area contributed by atoms with E-state index in [-0.39, 0.29) is 0 Å². The smallest absolute Gasteiger partial charge is 0.185 e. The van der Waals surface area contributed by atoms with Gasteiger partial charge in [0.1, 0.15) is 11.4 Å². The summed E-state index contributed by atoms with van der Waals surface area (Å²) in [5.41, 5.74) is 5.74. The van der Waals surface area contributed by atoms with Crippen molar-refractivity contribution < 1.29 is 13.9 Å². The lowest BCUT2D eigenvalue weighted by Gasteiger charge is -2.25. The van der Waals surface area contributed by atoms with E-state index in [1.54, 1.807) is 19.2 Å². The van der Waals surface area contributed by atoms with Crippen molar-refractivity contribution in [3.63, 3.8) is 0 Å². The van der Waals surface area contributed by atoms with Crippen molar-refractivity contribution in [1.82, 2.24) is 20.2 Å². The Balaban J connectivity index is 1.94. The minimum atomic E-state index is -0.478. The molecule has 8 heteroatoms. The first kappa shape index (κ1) is 13.9. The summed E-state index contributed by atoms with van der Waals surface area (Å²) in [6, 6.07) is 4.43. The normalized spacial score (nSPS) is 21.8. The van der Waals surface area contributed by atoms with Crippen molar-refractivity contribution in [2.75, 3.05) is 26.1 Å². The van der Waals surface area contributed by atoms with Gasteiger partial charge in [-0.1, -0.05) is 0 Å². The summed E-state index contributed by atoms with van der Waals surface area (Å²) in [7, 11) is 1.63. The summed E-state index contributed by atoms with van der Waals surface area (Å²) in [5.74, 6) is -0.115. The molecule has 2 N–H and O–H groups in total. The maximum absolute atomic E-state index is 14.0. The number of ether oxygens (including phenoxy) is 2. The van der Waals surface area contributed by atoms with Crippen molar-refractivity contribution in [1.29, 1.82) is 0 Å². The second kappa shape index (κ2) is 5.38. The van der Waals surface area contributed by atoms with Crippen LogP contribution in [0.4, 0.5) is 10.1 Å². The van der Waals surface area contributed by atoms with E-state index >= 15 is 0 Å². The Morgan fingerprint density at radius 2 is 2.38 bits per heavy atom. The van der Waals surface area contributed by atoms with Gasteiger partial charge in [-0.2, -0.15) is 0 Å². The second-order valence-corrected chi connectivity index (χ2v) is 5.09. The summed E-state index contributed by atoms with van der Waals surface area (Å²) in [5, 5.41) is 11.5. The number of halogens is 1. The highest BCUT2D eigenvalue weighted by atomic mass is 19.1. The molecule has 1 saturated heterocycles.